The van der Waals surface area contributed by atoms with Gasteiger partial charge in [-0.05, 0) is 30.0 Å². The van der Waals surface area contributed by atoms with Gasteiger partial charge in [-0.15, -0.1) is 0 Å². The summed E-state index contributed by atoms with van der Waals surface area (Å²) < 4.78 is 18.5. The fourth-order valence-corrected chi connectivity index (χ4v) is 2.17. The van der Waals surface area contributed by atoms with E-state index in [1.165, 1.54) is 19.2 Å². The van der Waals surface area contributed by atoms with Crippen molar-refractivity contribution in [2.24, 2.45) is 5.92 Å². The maximum Gasteiger partial charge on any atom is 0.306 e. The molecule has 5 heteroatoms. The van der Waals surface area contributed by atoms with Crippen LogP contribution in [0.15, 0.2) is 18.2 Å². The Balaban J connectivity index is 3.16. The molecule has 0 fully saturated rings. The Morgan fingerprint density at radius 2 is 2.11 bits per heavy atom. The molecule has 0 aliphatic carbocycles. The largest absolute Gasteiger partial charge is 0.494 e. The van der Waals surface area contributed by atoms with Gasteiger partial charge in [0.2, 0.25) is 0 Å². The van der Waals surface area contributed by atoms with E-state index in [1.54, 1.807) is 0 Å². The van der Waals surface area contributed by atoms with Crippen molar-refractivity contribution in [2.75, 3.05) is 7.11 Å². The summed E-state index contributed by atoms with van der Waals surface area (Å²) in [6.07, 6.45) is -0.220. The minimum Gasteiger partial charge on any atom is -0.494 e. The Labute approximate surface area is 111 Å². The third kappa shape index (κ3) is 3.92. The van der Waals surface area contributed by atoms with E-state index >= 15 is 0 Å². The van der Waals surface area contributed by atoms with Gasteiger partial charge in [0, 0.05) is 0 Å². The van der Waals surface area contributed by atoms with Crippen LogP contribution in [0.4, 0.5) is 4.39 Å². The number of hydrogen-bond acceptors (Lipinski definition) is 3. The number of aliphatic hydroxyl groups is 1. The van der Waals surface area contributed by atoms with Crippen molar-refractivity contribution in [3.63, 3.8) is 0 Å². The average molecular weight is 270 g/mol. The summed E-state index contributed by atoms with van der Waals surface area (Å²) in [6, 6.07) is 4.01. The standard InChI is InChI=1S/C14H19FO4/c1-9(2)7-14(18,8-13(16)17)10-4-5-12(19-3)11(15)6-10/h4-6,9,18H,7-8H2,1-3H3,(H,16,17). The van der Waals surface area contributed by atoms with Gasteiger partial charge < -0.3 is 14.9 Å². The molecule has 4 nitrogen and oxygen atoms in total. The molecule has 0 bridgehead atoms. The molecule has 0 aromatic heterocycles. The summed E-state index contributed by atoms with van der Waals surface area (Å²) in [7, 11) is 1.34. The van der Waals surface area contributed by atoms with Crippen LogP contribution in [-0.2, 0) is 10.4 Å². The first-order valence-corrected chi connectivity index (χ1v) is 6.06. The molecular weight excluding hydrogens is 251 g/mol. The van der Waals surface area contributed by atoms with E-state index in [4.69, 9.17) is 9.84 Å². The molecule has 1 atom stereocenters. The van der Waals surface area contributed by atoms with Crippen LogP contribution >= 0.6 is 0 Å². The van der Waals surface area contributed by atoms with E-state index in [-0.39, 0.29) is 23.7 Å². The smallest absolute Gasteiger partial charge is 0.306 e. The van der Waals surface area contributed by atoms with Gasteiger partial charge in [-0.2, -0.15) is 0 Å². The van der Waals surface area contributed by atoms with Crippen LogP contribution in [0.5, 0.6) is 5.75 Å². The highest BCUT2D eigenvalue weighted by atomic mass is 19.1. The number of benzene rings is 1. The molecule has 0 saturated heterocycles. The Morgan fingerprint density at radius 3 is 2.53 bits per heavy atom. The van der Waals surface area contributed by atoms with E-state index in [0.29, 0.717) is 0 Å². The van der Waals surface area contributed by atoms with Crippen LogP contribution in [-0.4, -0.2) is 23.3 Å². The molecule has 2 N–H and O–H groups in total. The first-order valence-electron chi connectivity index (χ1n) is 6.06. The highest BCUT2D eigenvalue weighted by molar-refractivity contribution is 5.68. The van der Waals surface area contributed by atoms with E-state index in [2.05, 4.69) is 0 Å². The maximum atomic E-state index is 13.7. The highest BCUT2D eigenvalue weighted by Gasteiger charge is 2.33. The molecule has 19 heavy (non-hydrogen) atoms. The van der Waals surface area contributed by atoms with Gasteiger partial charge in [-0.1, -0.05) is 19.9 Å². The lowest BCUT2D eigenvalue weighted by molar-refractivity contribution is -0.143. The zero-order chi connectivity index (χ0) is 14.6. The summed E-state index contributed by atoms with van der Waals surface area (Å²) >= 11 is 0. The van der Waals surface area contributed by atoms with E-state index in [1.807, 2.05) is 13.8 Å². The number of halogens is 1. The summed E-state index contributed by atoms with van der Waals surface area (Å²) in [5.41, 5.74) is -1.32. The predicted molar refractivity (Wildman–Crippen MR) is 68.6 cm³/mol. The number of methoxy groups -OCH3 is 1. The first-order chi connectivity index (χ1) is 8.78. The summed E-state index contributed by atoms with van der Waals surface area (Å²) in [6.45, 7) is 3.74. The van der Waals surface area contributed by atoms with Gasteiger partial charge >= 0.3 is 5.97 Å². The van der Waals surface area contributed by atoms with Crippen molar-refractivity contribution in [1.29, 1.82) is 0 Å². The minimum atomic E-state index is -1.58. The maximum absolute atomic E-state index is 13.7. The number of rotatable bonds is 6. The Kier molecular flexibility index (Phi) is 4.89. The van der Waals surface area contributed by atoms with Crippen LogP contribution < -0.4 is 4.74 Å². The third-order valence-electron chi connectivity index (χ3n) is 2.88. The zero-order valence-corrected chi connectivity index (χ0v) is 11.3. The quantitative estimate of drug-likeness (QED) is 0.833. The number of hydrogen-bond donors (Lipinski definition) is 2. The first kappa shape index (κ1) is 15.4. The van der Waals surface area contributed by atoms with Gasteiger partial charge in [-0.3, -0.25) is 4.79 Å². The van der Waals surface area contributed by atoms with E-state index < -0.39 is 23.8 Å². The summed E-state index contributed by atoms with van der Waals surface area (Å²) in [5, 5.41) is 19.4. The lowest BCUT2D eigenvalue weighted by Crippen LogP contribution is -2.31. The van der Waals surface area contributed by atoms with Crippen molar-refractivity contribution in [3.05, 3.63) is 29.6 Å². The van der Waals surface area contributed by atoms with E-state index in [9.17, 15) is 14.3 Å². The fraction of sp³-hybridized carbons (Fsp3) is 0.500. The molecule has 1 aromatic carbocycles. The normalized spacial score (nSPS) is 14.2. The molecule has 0 saturated carbocycles. The Morgan fingerprint density at radius 1 is 1.47 bits per heavy atom. The molecule has 0 aliphatic rings. The SMILES string of the molecule is COc1ccc(C(O)(CC(=O)O)CC(C)C)cc1F. The number of carboxylic acid groups (broad SMARTS) is 1. The van der Waals surface area contributed by atoms with Crippen LogP contribution in [0.1, 0.15) is 32.3 Å². The second-order valence-corrected chi connectivity index (χ2v) is 5.05. The van der Waals surface area contributed by atoms with Crippen LogP contribution in [0, 0.1) is 11.7 Å². The monoisotopic (exact) mass is 270 g/mol. The average Bonchev–Trinajstić information content (AvgIpc) is 2.26. The van der Waals surface area contributed by atoms with Crippen LogP contribution in [0.2, 0.25) is 0 Å². The summed E-state index contributed by atoms with van der Waals surface area (Å²) in [5.74, 6) is -1.60. The highest BCUT2D eigenvalue weighted by Crippen LogP contribution is 2.34. The van der Waals surface area contributed by atoms with Crippen molar-refractivity contribution in [2.45, 2.75) is 32.3 Å². The van der Waals surface area contributed by atoms with Crippen molar-refractivity contribution < 1.29 is 24.1 Å². The topological polar surface area (TPSA) is 66.8 Å². The lowest BCUT2D eigenvalue weighted by Gasteiger charge is -2.29. The molecule has 1 aromatic rings. The molecule has 0 radical (unpaired) electrons. The van der Waals surface area contributed by atoms with Crippen LogP contribution in [0.25, 0.3) is 0 Å². The molecule has 106 valence electrons. The molecule has 1 unspecified atom stereocenters. The van der Waals surface area contributed by atoms with Crippen molar-refractivity contribution in [3.8, 4) is 5.75 Å². The molecule has 0 amide bonds. The minimum absolute atomic E-state index is 0.0611. The molecular formula is C14H19FO4. The van der Waals surface area contributed by atoms with Crippen LogP contribution in [0.3, 0.4) is 0 Å². The number of aliphatic carboxylic acids is 1. The van der Waals surface area contributed by atoms with Crippen molar-refractivity contribution in [1.82, 2.24) is 0 Å². The Hall–Kier alpha value is -1.62. The van der Waals surface area contributed by atoms with Gasteiger partial charge in [-0.25, -0.2) is 4.39 Å². The second kappa shape index (κ2) is 6.02. The number of carbonyl (C=O) groups is 1. The zero-order valence-electron chi connectivity index (χ0n) is 11.3. The predicted octanol–water partition coefficient (Wildman–Crippen LogP) is 2.54. The van der Waals surface area contributed by atoms with Crippen molar-refractivity contribution >= 4 is 5.97 Å². The Bertz CT molecular complexity index is 459. The lowest BCUT2D eigenvalue weighted by atomic mass is 9.83. The van der Waals surface area contributed by atoms with Gasteiger partial charge in [0.05, 0.1) is 13.5 Å². The fourth-order valence-electron chi connectivity index (χ4n) is 2.17. The van der Waals surface area contributed by atoms with E-state index in [0.717, 1.165) is 6.07 Å². The summed E-state index contributed by atoms with van der Waals surface area (Å²) in [4.78, 5) is 10.9. The van der Waals surface area contributed by atoms with Gasteiger partial charge in [0.15, 0.2) is 11.6 Å². The number of ether oxygens (including phenoxy) is 1. The third-order valence-corrected chi connectivity index (χ3v) is 2.88. The molecule has 0 spiro atoms. The molecule has 1 rings (SSSR count). The van der Waals surface area contributed by atoms with Gasteiger partial charge in [0.1, 0.15) is 5.60 Å². The number of carboxylic acids is 1. The van der Waals surface area contributed by atoms with Gasteiger partial charge in [0.25, 0.3) is 0 Å². The molecule has 0 heterocycles. The second-order valence-electron chi connectivity index (χ2n) is 5.05. The molecule has 0 aliphatic heterocycles.